The van der Waals surface area contributed by atoms with Gasteiger partial charge in [-0.1, -0.05) is 6.07 Å². The van der Waals surface area contributed by atoms with E-state index in [4.69, 9.17) is 5.11 Å². The number of carboxylic acids is 1. The Labute approximate surface area is 110 Å². The van der Waals surface area contributed by atoms with Crippen molar-refractivity contribution in [2.24, 2.45) is 0 Å². The molecule has 1 atom stereocenters. The first-order valence-corrected chi connectivity index (χ1v) is 6.67. The summed E-state index contributed by atoms with van der Waals surface area (Å²) >= 11 is 1.58. The molecule has 0 saturated carbocycles. The van der Waals surface area contributed by atoms with E-state index < -0.39 is 18.0 Å². The maximum absolute atomic E-state index is 11.6. The predicted octanol–water partition coefficient (Wildman–Crippen LogP) is 2.39. The number of hydrogen-bond acceptors (Lipinski definition) is 3. The van der Waals surface area contributed by atoms with Gasteiger partial charge in [0.25, 0.3) is 0 Å². The van der Waals surface area contributed by atoms with Crippen LogP contribution >= 0.6 is 11.8 Å². The van der Waals surface area contributed by atoms with Crippen molar-refractivity contribution in [2.75, 3.05) is 11.6 Å². The van der Waals surface area contributed by atoms with E-state index in [1.54, 1.807) is 24.8 Å². The molecule has 1 unspecified atom stereocenters. The molecular weight excluding hydrogens is 252 g/mol. The lowest BCUT2D eigenvalue weighted by Gasteiger charge is -2.12. The Morgan fingerprint density at radius 1 is 1.44 bits per heavy atom. The van der Waals surface area contributed by atoms with Gasteiger partial charge in [0.15, 0.2) is 0 Å². The van der Waals surface area contributed by atoms with Crippen molar-refractivity contribution >= 4 is 29.4 Å². The zero-order chi connectivity index (χ0) is 13.5. The molecule has 0 aromatic heterocycles. The number of benzene rings is 1. The average molecular weight is 268 g/mol. The molecule has 6 heteroatoms. The quantitative estimate of drug-likeness (QED) is 0.716. The number of aliphatic carboxylic acids is 1. The SMILES string of the molecule is CSc1cccc(NC(=O)NC(C)CC(=O)O)c1. The summed E-state index contributed by atoms with van der Waals surface area (Å²) in [7, 11) is 0. The molecular formula is C12H16N2O3S. The van der Waals surface area contributed by atoms with Crippen LogP contribution in [0.3, 0.4) is 0 Å². The number of carboxylic acid groups (broad SMARTS) is 1. The summed E-state index contributed by atoms with van der Waals surface area (Å²) in [6.45, 7) is 1.64. The molecule has 0 heterocycles. The molecule has 3 N–H and O–H groups in total. The van der Waals surface area contributed by atoms with Crippen LogP contribution in [-0.4, -0.2) is 29.4 Å². The number of carbonyl (C=O) groups is 2. The smallest absolute Gasteiger partial charge is 0.319 e. The maximum atomic E-state index is 11.6. The van der Waals surface area contributed by atoms with Crippen LogP contribution in [0.1, 0.15) is 13.3 Å². The molecule has 0 saturated heterocycles. The molecule has 5 nitrogen and oxygen atoms in total. The Kier molecular flexibility index (Phi) is 5.51. The molecule has 0 spiro atoms. The second kappa shape index (κ2) is 6.90. The van der Waals surface area contributed by atoms with E-state index in [-0.39, 0.29) is 6.42 Å². The number of rotatable bonds is 5. The largest absolute Gasteiger partial charge is 0.481 e. The highest BCUT2D eigenvalue weighted by atomic mass is 32.2. The first-order valence-electron chi connectivity index (χ1n) is 5.44. The average Bonchev–Trinajstić information content (AvgIpc) is 2.27. The summed E-state index contributed by atoms with van der Waals surface area (Å²) in [6, 6.07) is 6.61. The number of hydrogen-bond donors (Lipinski definition) is 3. The molecule has 18 heavy (non-hydrogen) atoms. The van der Waals surface area contributed by atoms with E-state index in [0.717, 1.165) is 4.90 Å². The van der Waals surface area contributed by atoms with E-state index in [9.17, 15) is 9.59 Å². The third kappa shape index (κ3) is 5.09. The van der Waals surface area contributed by atoms with E-state index in [0.29, 0.717) is 5.69 Å². The first-order chi connectivity index (χ1) is 8.51. The van der Waals surface area contributed by atoms with Crippen LogP contribution in [0.15, 0.2) is 29.2 Å². The molecule has 2 amide bonds. The van der Waals surface area contributed by atoms with Crippen molar-refractivity contribution in [2.45, 2.75) is 24.3 Å². The number of anilines is 1. The highest BCUT2D eigenvalue weighted by molar-refractivity contribution is 7.98. The topological polar surface area (TPSA) is 78.4 Å². The Bertz CT molecular complexity index is 437. The lowest BCUT2D eigenvalue weighted by molar-refractivity contribution is -0.137. The number of thioether (sulfide) groups is 1. The van der Waals surface area contributed by atoms with Crippen LogP contribution in [0, 0.1) is 0 Å². The second-order valence-electron chi connectivity index (χ2n) is 3.83. The molecule has 1 aromatic rings. The molecule has 0 radical (unpaired) electrons. The number of amides is 2. The van der Waals surface area contributed by atoms with Crippen molar-refractivity contribution in [1.29, 1.82) is 0 Å². The summed E-state index contributed by atoms with van der Waals surface area (Å²) in [5, 5.41) is 13.8. The molecule has 1 aromatic carbocycles. The normalized spacial score (nSPS) is 11.7. The van der Waals surface area contributed by atoms with E-state index >= 15 is 0 Å². The van der Waals surface area contributed by atoms with Gasteiger partial charge >= 0.3 is 12.0 Å². The van der Waals surface area contributed by atoms with Gasteiger partial charge in [-0.15, -0.1) is 11.8 Å². The molecule has 1 rings (SSSR count). The zero-order valence-corrected chi connectivity index (χ0v) is 11.1. The van der Waals surface area contributed by atoms with Gasteiger partial charge in [-0.25, -0.2) is 4.79 Å². The number of urea groups is 1. The van der Waals surface area contributed by atoms with Gasteiger partial charge in [0, 0.05) is 16.6 Å². The van der Waals surface area contributed by atoms with Crippen molar-refractivity contribution in [3.63, 3.8) is 0 Å². The summed E-state index contributed by atoms with van der Waals surface area (Å²) < 4.78 is 0. The molecule has 0 aliphatic rings. The standard InChI is InChI=1S/C12H16N2O3S/c1-8(6-11(15)16)13-12(17)14-9-4-3-5-10(7-9)18-2/h3-5,7-8H,6H2,1-2H3,(H,15,16)(H2,13,14,17). The third-order valence-electron chi connectivity index (χ3n) is 2.19. The van der Waals surface area contributed by atoms with Crippen molar-refractivity contribution in [1.82, 2.24) is 5.32 Å². The minimum Gasteiger partial charge on any atom is -0.481 e. The van der Waals surface area contributed by atoms with Gasteiger partial charge in [-0.3, -0.25) is 4.79 Å². The molecule has 0 aliphatic carbocycles. The van der Waals surface area contributed by atoms with Gasteiger partial charge < -0.3 is 15.7 Å². The summed E-state index contributed by atoms with van der Waals surface area (Å²) in [5.74, 6) is -0.938. The Morgan fingerprint density at radius 2 is 2.17 bits per heavy atom. The third-order valence-corrected chi connectivity index (χ3v) is 2.91. The lowest BCUT2D eigenvalue weighted by atomic mass is 10.2. The van der Waals surface area contributed by atoms with E-state index in [1.165, 1.54) is 0 Å². The highest BCUT2D eigenvalue weighted by Crippen LogP contribution is 2.18. The molecule has 0 aliphatic heterocycles. The number of nitrogens with one attached hydrogen (secondary N) is 2. The fourth-order valence-corrected chi connectivity index (χ4v) is 1.86. The van der Waals surface area contributed by atoms with E-state index in [1.807, 2.05) is 24.5 Å². The first kappa shape index (κ1) is 14.4. The van der Waals surface area contributed by atoms with Gasteiger partial charge in [-0.05, 0) is 31.4 Å². The van der Waals surface area contributed by atoms with Crippen LogP contribution in [0.5, 0.6) is 0 Å². The fraction of sp³-hybridized carbons (Fsp3) is 0.333. The lowest BCUT2D eigenvalue weighted by Crippen LogP contribution is -2.37. The van der Waals surface area contributed by atoms with Gasteiger partial charge in [0.1, 0.15) is 0 Å². The van der Waals surface area contributed by atoms with Crippen molar-refractivity contribution in [3.8, 4) is 0 Å². The predicted molar refractivity (Wildman–Crippen MR) is 72.1 cm³/mol. The van der Waals surface area contributed by atoms with Gasteiger partial charge in [0.05, 0.1) is 6.42 Å². The van der Waals surface area contributed by atoms with Crippen LogP contribution < -0.4 is 10.6 Å². The Balaban J connectivity index is 2.51. The van der Waals surface area contributed by atoms with Crippen molar-refractivity contribution < 1.29 is 14.7 Å². The van der Waals surface area contributed by atoms with Crippen LogP contribution in [-0.2, 0) is 4.79 Å². The highest BCUT2D eigenvalue weighted by Gasteiger charge is 2.10. The zero-order valence-electron chi connectivity index (χ0n) is 10.3. The summed E-state index contributed by atoms with van der Waals surface area (Å²) in [4.78, 5) is 23.1. The fourth-order valence-electron chi connectivity index (χ4n) is 1.40. The Hall–Kier alpha value is -1.69. The second-order valence-corrected chi connectivity index (χ2v) is 4.71. The van der Waals surface area contributed by atoms with Crippen molar-refractivity contribution in [3.05, 3.63) is 24.3 Å². The minimum atomic E-state index is -0.938. The monoisotopic (exact) mass is 268 g/mol. The van der Waals surface area contributed by atoms with Crippen LogP contribution in [0.25, 0.3) is 0 Å². The molecule has 98 valence electrons. The summed E-state index contributed by atoms with van der Waals surface area (Å²) in [6.07, 6.45) is 1.85. The number of carbonyl (C=O) groups excluding carboxylic acids is 1. The van der Waals surface area contributed by atoms with Crippen LogP contribution in [0.2, 0.25) is 0 Å². The summed E-state index contributed by atoms with van der Waals surface area (Å²) in [5.41, 5.74) is 0.682. The van der Waals surface area contributed by atoms with Gasteiger partial charge in [0.2, 0.25) is 0 Å². The van der Waals surface area contributed by atoms with Crippen LogP contribution in [0.4, 0.5) is 10.5 Å². The Morgan fingerprint density at radius 3 is 2.78 bits per heavy atom. The molecule has 0 bridgehead atoms. The van der Waals surface area contributed by atoms with Gasteiger partial charge in [-0.2, -0.15) is 0 Å². The van der Waals surface area contributed by atoms with E-state index in [2.05, 4.69) is 10.6 Å². The minimum absolute atomic E-state index is 0.0989. The maximum Gasteiger partial charge on any atom is 0.319 e. The molecule has 0 fully saturated rings.